The third-order valence-electron chi connectivity index (χ3n) is 3.50. The first-order valence-electron chi connectivity index (χ1n) is 6.99. The summed E-state index contributed by atoms with van der Waals surface area (Å²) in [4.78, 5) is 13.8. The number of amides is 1. The minimum absolute atomic E-state index is 0.213. The van der Waals surface area contributed by atoms with Gasteiger partial charge in [-0.05, 0) is 37.6 Å². The molecule has 0 spiro atoms. The van der Waals surface area contributed by atoms with E-state index in [9.17, 15) is 4.79 Å². The van der Waals surface area contributed by atoms with Crippen molar-refractivity contribution in [1.82, 2.24) is 0 Å². The number of hydrogen-bond acceptors (Lipinski definition) is 3. The second kappa shape index (κ2) is 6.31. The lowest BCUT2D eigenvalue weighted by Crippen LogP contribution is -2.32. The minimum atomic E-state index is -0.419. The number of hydrogen-bond donors (Lipinski definition) is 2. The Bertz CT molecular complexity index is 637. The summed E-state index contributed by atoms with van der Waals surface area (Å²) in [6.45, 7) is 4.79. The molecule has 0 aliphatic carbocycles. The van der Waals surface area contributed by atoms with Gasteiger partial charge in [0.2, 0.25) is 0 Å². The molecule has 4 N–H and O–H groups in total. The van der Waals surface area contributed by atoms with Crippen LogP contribution in [-0.4, -0.2) is 11.9 Å². The average molecular weight is 283 g/mol. The smallest absolute Gasteiger partial charge is 0.250 e. The highest BCUT2D eigenvalue weighted by molar-refractivity contribution is 5.98. The van der Waals surface area contributed by atoms with E-state index in [4.69, 9.17) is 11.5 Å². The minimum Gasteiger partial charge on any atom is -0.398 e. The van der Waals surface area contributed by atoms with Gasteiger partial charge in [-0.15, -0.1) is 0 Å². The predicted molar refractivity (Wildman–Crippen MR) is 87.1 cm³/mol. The highest BCUT2D eigenvalue weighted by Crippen LogP contribution is 2.25. The van der Waals surface area contributed by atoms with Crippen molar-refractivity contribution < 1.29 is 4.79 Å². The Morgan fingerprint density at radius 2 is 1.71 bits per heavy atom. The maximum atomic E-state index is 11.6. The summed E-state index contributed by atoms with van der Waals surface area (Å²) < 4.78 is 0. The summed E-state index contributed by atoms with van der Waals surface area (Å²) in [6, 6.07) is 15.4. The molecule has 2 aromatic carbocycles. The van der Waals surface area contributed by atoms with Crippen LogP contribution in [0.1, 0.15) is 29.8 Å². The van der Waals surface area contributed by atoms with Crippen molar-refractivity contribution in [1.29, 1.82) is 0 Å². The largest absolute Gasteiger partial charge is 0.398 e. The van der Waals surface area contributed by atoms with Gasteiger partial charge in [-0.1, -0.05) is 30.3 Å². The zero-order valence-corrected chi connectivity index (χ0v) is 12.4. The molecule has 1 amide bonds. The van der Waals surface area contributed by atoms with Gasteiger partial charge >= 0.3 is 0 Å². The lowest BCUT2D eigenvalue weighted by molar-refractivity contribution is 0.100. The third kappa shape index (κ3) is 3.34. The average Bonchev–Trinajstić information content (AvgIpc) is 2.46. The van der Waals surface area contributed by atoms with Crippen LogP contribution in [0.3, 0.4) is 0 Å². The van der Waals surface area contributed by atoms with Gasteiger partial charge in [0.1, 0.15) is 0 Å². The summed E-state index contributed by atoms with van der Waals surface area (Å²) in [5.74, 6) is -0.419. The van der Waals surface area contributed by atoms with Gasteiger partial charge < -0.3 is 16.4 Å². The predicted octanol–water partition coefficient (Wildman–Crippen LogP) is 2.78. The van der Waals surface area contributed by atoms with Crippen molar-refractivity contribution in [2.75, 3.05) is 10.6 Å². The molecule has 4 nitrogen and oxygen atoms in total. The first-order valence-corrected chi connectivity index (χ1v) is 6.99. The van der Waals surface area contributed by atoms with E-state index in [1.807, 2.05) is 42.5 Å². The summed E-state index contributed by atoms with van der Waals surface area (Å²) in [5, 5.41) is 0. The summed E-state index contributed by atoms with van der Waals surface area (Å²) in [5.41, 5.74) is 14.7. The highest BCUT2D eigenvalue weighted by atomic mass is 16.1. The molecule has 0 radical (unpaired) electrons. The Morgan fingerprint density at radius 3 is 2.33 bits per heavy atom. The number of primary amides is 1. The van der Waals surface area contributed by atoms with Crippen LogP contribution in [0.5, 0.6) is 0 Å². The van der Waals surface area contributed by atoms with Gasteiger partial charge in [-0.2, -0.15) is 0 Å². The molecule has 0 bridgehead atoms. The Labute approximate surface area is 125 Å². The zero-order valence-electron chi connectivity index (χ0n) is 12.4. The fourth-order valence-corrected chi connectivity index (χ4v) is 2.34. The van der Waals surface area contributed by atoms with Crippen LogP contribution in [0.2, 0.25) is 0 Å². The second-order valence-corrected chi connectivity index (χ2v) is 5.30. The van der Waals surface area contributed by atoms with Gasteiger partial charge in [0, 0.05) is 18.3 Å². The van der Waals surface area contributed by atoms with Crippen molar-refractivity contribution in [3.05, 3.63) is 59.7 Å². The molecule has 0 aliphatic rings. The molecule has 21 heavy (non-hydrogen) atoms. The number of nitrogens with zero attached hydrogens (tertiary/aromatic N) is 1. The van der Waals surface area contributed by atoms with Crippen LogP contribution in [0.4, 0.5) is 11.4 Å². The zero-order chi connectivity index (χ0) is 15.4. The summed E-state index contributed by atoms with van der Waals surface area (Å²) in [7, 11) is 0. The quantitative estimate of drug-likeness (QED) is 0.829. The molecule has 0 unspecified atom stereocenters. The Morgan fingerprint density at radius 1 is 1.10 bits per heavy atom. The molecule has 0 aromatic heterocycles. The standard InChI is InChI=1S/C17H21N3O/c1-12(2)20(11-13-7-3-5-9-15(13)18)16-10-6-4-8-14(16)17(19)21/h3-10,12H,11,18H2,1-2H3,(H2,19,21). The molecule has 0 heterocycles. The number of carbonyl (C=O) groups excluding carboxylic acids is 1. The molecule has 110 valence electrons. The molecule has 0 aliphatic heterocycles. The monoisotopic (exact) mass is 283 g/mol. The van der Waals surface area contributed by atoms with E-state index < -0.39 is 5.91 Å². The molecule has 0 atom stereocenters. The van der Waals surface area contributed by atoms with E-state index in [1.54, 1.807) is 6.07 Å². The van der Waals surface area contributed by atoms with Crippen molar-refractivity contribution in [3.8, 4) is 0 Å². The SMILES string of the molecule is CC(C)N(Cc1ccccc1N)c1ccccc1C(N)=O. The van der Waals surface area contributed by atoms with Crippen molar-refractivity contribution in [3.63, 3.8) is 0 Å². The van der Waals surface area contributed by atoms with Crippen LogP contribution in [0.15, 0.2) is 48.5 Å². The fraction of sp³-hybridized carbons (Fsp3) is 0.235. The first kappa shape index (κ1) is 14.9. The molecule has 2 rings (SSSR count). The van der Waals surface area contributed by atoms with Crippen molar-refractivity contribution >= 4 is 17.3 Å². The molecular weight excluding hydrogens is 262 g/mol. The Kier molecular flexibility index (Phi) is 4.48. The second-order valence-electron chi connectivity index (χ2n) is 5.30. The fourth-order valence-electron chi connectivity index (χ4n) is 2.34. The van der Waals surface area contributed by atoms with E-state index >= 15 is 0 Å². The number of nitrogen functional groups attached to an aromatic ring is 1. The van der Waals surface area contributed by atoms with E-state index in [2.05, 4.69) is 18.7 Å². The maximum Gasteiger partial charge on any atom is 0.250 e. The number of carbonyl (C=O) groups is 1. The number of anilines is 2. The van der Waals surface area contributed by atoms with Crippen LogP contribution < -0.4 is 16.4 Å². The molecule has 0 saturated carbocycles. The van der Waals surface area contributed by atoms with Crippen LogP contribution >= 0.6 is 0 Å². The lowest BCUT2D eigenvalue weighted by atomic mass is 10.1. The maximum absolute atomic E-state index is 11.6. The van der Waals surface area contributed by atoms with Gasteiger partial charge in [0.25, 0.3) is 5.91 Å². The topological polar surface area (TPSA) is 72.3 Å². The van der Waals surface area contributed by atoms with Gasteiger partial charge in [0.15, 0.2) is 0 Å². The van der Waals surface area contributed by atoms with Crippen LogP contribution in [-0.2, 0) is 6.54 Å². The number of para-hydroxylation sites is 2. The van der Waals surface area contributed by atoms with E-state index in [1.165, 1.54) is 0 Å². The summed E-state index contributed by atoms with van der Waals surface area (Å²) >= 11 is 0. The van der Waals surface area contributed by atoms with E-state index in [0.717, 1.165) is 16.9 Å². The van der Waals surface area contributed by atoms with Gasteiger partial charge in [-0.3, -0.25) is 4.79 Å². The third-order valence-corrected chi connectivity index (χ3v) is 3.50. The van der Waals surface area contributed by atoms with Crippen molar-refractivity contribution in [2.45, 2.75) is 26.4 Å². The molecule has 0 fully saturated rings. The normalized spacial score (nSPS) is 10.6. The number of rotatable bonds is 5. The molecular formula is C17H21N3O. The molecule has 0 saturated heterocycles. The first-order chi connectivity index (χ1) is 10.0. The highest BCUT2D eigenvalue weighted by Gasteiger charge is 2.17. The van der Waals surface area contributed by atoms with E-state index in [-0.39, 0.29) is 6.04 Å². The Hall–Kier alpha value is -2.49. The molecule has 2 aromatic rings. The molecule has 4 heteroatoms. The van der Waals surface area contributed by atoms with Gasteiger partial charge in [0.05, 0.1) is 11.3 Å². The summed E-state index contributed by atoms with van der Waals surface area (Å²) in [6.07, 6.45) is 0. The number of benzene rings is 2. The lowest BCUT2D eigenvalue weighted by Gasteiger charge is -2.31. The Balaban J connectivity index is 2.41. The van der Waals surface area contributed by atoms with Gasteiger partial charge in [-0.25, -0.2) is 0 Å². The van der Waals surface area contributed by atoms with Crippen LogP contribution in [0.25, 0.3) is 0 Å². The number of nitrogens with two attached hydrogens (primary N) is 2. The van der Waals surface area contributed by atoms with Crippen LogP contribution in [0, 0.1) is 0 Å². The van der Waals surface area contributed by atoms with E-state index in [0.29, 0.717) is 12.1 Å². The van der Waals surface area contributed by atoms with Crippen molar-refractivity contribution in [2.24, 2.45) is 5.73 Å².